The van der Waals surface area contributed by atoms with Crippen LogP contribution in [0.5, 0.6) is 11.5 Å². The first-order valence-electron chi connectivity index (χ1n) is 24.2. The predicted octanol–water partition coefficient (Wildman–Crippen LogP) is 18.4. The number of hydrogen-bond acceptors (Lipinski definition) is 1. The van der Waals surface area contributed by atoms with Crippen LogP contribution in [0.15, 0.2) is 97.1 Å². The fourth-order valence-electron chi connectivity index (χ4n) is 11.4. The zero-order valence-electron chi connectivity index (χ0n) is 43.8. The summed E-state index contributed by atoms with van der Waals surface area (Å²) in [4.78, 5) is 0. The summed E-state index contributed by atoms with van der Waals surface area (Å²) in [5.41, 5.74) is 25.6. The van der Waals surface area contributed by atoms with Crippen LogP contribution in [0.3, 0.4) is 0 Å². The Kier molecular flexibility index (Phi) is 13.9. The maximum atomic E-state index is 6.92. The second-order valence-corrected chi connectivity index (χ2v) is 33.3. The molecule has 0 N–H and O–H groups in total. The van der Waals surface area contributed by atoms with Crippen molar-refractivity contribution in [1.82, 2.24) is 0 Å². The van der Waals surface area contributed by atoms with Crippen molar-refractivity contribution in [2.75, 3.05) is 0 Å². The van der Waals surface area contributed by atoms with E-state index in [1.165, 1.54) is 100 Å². The Morgan fingerprint density at radius 2 is 0.582 bits per heavy atom. The molecule has 5 heteroatoms. The third-order valence-electron chi connectivity index (χ3n) is 13.5. The molecule has 8 rings (SSSR count). The van der Waals surface area contributed by atoms with Gasteiger partial charge in [0.15, 0.2) is 0 Å². The molecule has 2 heterocycles. The highest BCUT2D eigenvalue weighted by molar-refractivity contribution is 8.16. The van der Waals surface area contributed by atoms with E-state index >= 15 is 0 Å². The van der Waals surface area contributed by atoms with E-state index in [-0.39, 0.29) is 10.3 Å². The minimum atomic E-state index is -0.591. The van der Waals surface area contributed by atoms with E-state index < -0.39 is 30.2 Å². The summed E-state index contributed by atoms with van der Waals surface area (Å²) in [6, 6.07) is 37.4. The summed E-state index contributed by atoms with van der Waals surface area (Å²) in [6.45, 7) is 42.6. The van der Waals surface area contributed by atoms with Crippen LogP contribution in [0.4, 0.5) is 0 Å². The Hall–Kier alpha value is -3.94. The molecular weight excluding hydrogens is 885 g/mol. The van der Waals surface area contributed by atoms with Crippen molar-refractivity contribution < 1.29 is 4.74 Å². The Labute approximate surface area is 408 Å². The molecule has 2 aliphatic rings. The van der Waals surface area contributed by atoms with Gasteiger partial charge in [0, 0.05) is 32.5 Å². The molecule has 6 aromatic rings. The lowest BCUT2D eigenvalue weighted by molar-refractivity contribution is 0.482. The lowest BCUT2D eigenvalue weighted by Crippen LogP contribution is -2.29. The summed E-state index contributed by atoms with van der Waals surface area (Å²) >= 11 is 0. The van der Waals surface area contributed by atoms with Gasteiger partial charge in [-0.3, -0.25) is 0 Å². The topological polar surface area (TPSA) is 9.23 Å². The molecule has 0 unspecified atom stereocenters. The summed E-state index contributed by atoms with van der Waals surface area (Å²) in [5, 5.41) is 7.21. The first-order valence-corrected chi connectivity index (χ1v) is 30.0. The molecule has 1 nitrogen and oxygen atoms in total. The maximum Gasteiger partial charge on any atom is 0.127 e. The van der Waals surface area contributed by atoms with Gasteiger partial charge in [0.05, 0.1) is 0 Å². The maximum absolute atomic E-state index is 6.92. The predicted molar refractivity (Wildman–Crippen MR) is 307 cm³/mol. The SMILES string of the molecule is Cc1cc(C)c(C2=P(Cc3cccc(Oc4cccc(CP5=C(c6c(C)cc(C)cc6C)P(C(C)(C)C)C=5c5c(C)cc(C)cc5C)c4)c3)=C(c3c(C)cc(C)cc3C)P2C(C)(C)C)c(C)c1. The molecule has 0 aromatic heterocycles. The van der Waals surface area contributed by atoms with Crippen molar-refractivity contribution in [2.45, 2.75) is 147 Å². The fraction of sp³-hybridized carbons (Fsp3) is 0.355. The van der Waals surface area contributed by atoms with E-state index in [0.717, 1.165) is 23.8 Å². The van der Waals surface area contributed by atoms with Crippen LogP contribution in [0.2, 0.25) is 0 Å². The third-order valence-corrected chi connectivity index (χ3v) is 28.4. The highest BCUT2D eigenvalue weighted by Gasteiger charge is 2.43. The Morgan fingerprint density at radius 1 is 0.343 bits per heavy atom. The molecule has 348 valence electrons. The highest BCUT2D eigenvalue weighted by Crippen LogP contribution is 2.70. The van der Waals surface area contributed by atoms with Crippen molar-refractivity contribution in [3.63, 3.8) is 0 Å². The fourth-order valence-corrected chi connectivity index (χ4v) is 30.6. The molecule has 0 amide bonds. The molecule has 67 heavy (non-hydrogen) atoms. The summed E-state index contributed by atoms with van der Waals surface area (Å²) in [5.74, 6) is 1.83. The van der Waals surface area contributed by atoms with Crippen LogP contribution in [0.25, 0.3) is 0 Å². The van der Waals surface area contributed by atoms with Crippen molar-refractivity contribution in [2.24, 2.45) is 0 Å². The minimum absolute atomic E-state index is 0.143. The molecule has 0 fully saturated rings. The van der Waals surface area contributed by atoms with Gasteiger partial charge in [-0.15, -0.1) is 14.3 Å². The zero-order valence-corrected chi connectivity index (χ0v) is 47.4. The van der Waals surface area contributed by atoms with E-state index in [2.05, 4.69) is 222 Å². The van der Waals surface area contributed by atoms with Crippen molar-refractivity contribution in [1.29, 1.82) is 0 Å². The van der Waals surface area contributed by atoms with Crippen LogP contribution in [0.1, 0.15) is 142 Å². The Balaban J connectivity index is 1.21. The largest absolute Gasteiger partial charge is 0.457 e. The van der Waals surface area contributed by atoms with Gasteiger partial charge in [-0.2, -0.15) is 0 Å². The van der Waals surface area contributed by atoms with Gasteiger partial charge < -0.3 is 4.74 Å². The van der Waals surface area contributed by atoms with Crippen LogP contribution in [-0.4, -0.2) is 30.5 Å². The number of hydrogen-bond donors (Lipinski definition) is 0. The smallest absolute Gasteiger partial charge is 0.127 e. The first-order chi connectivity index (χ1) is 31.4. The molecule has 0 atom stereocenters. The molecule has 0 spiro atoms. The lowest BCUT2D eigenvalue weighted by atomic mass is 10.0. The normalized spacial score (nSPS) is 17.5. The van der Waals surface area contributed by atoms with Gasteiger partial charge in [0.1, 0.15) is 11.5 Å². The van der Waals surface area contributed by atoms with Crippen LogP contribution in [-0.2, 0) is 12.3 Å². The Bertz CT molecular complexity index is 2750. The van der Waals surface area contributed by atoms with E-state index in [0.29, 0.717) is 0 Å². The molecule has 6 aromatic carbocycles. The van der Waals surface area contributed by atoms with Crippen LogP contribution < -0.4 is 4.74 Å². The minimum Gasteiger partial charge on any atom is -0.457 e. The standard InChI is InChI=1S/C62H74OP4/c1-37-25-41(5)53(42(6)26-37)57-64(58(66(57)61(13,14)15)54-43(7)27-38(2)28-44(54)8)35-49-21-19-23-51(33-49)63-52-24-20-22-50(34-52)36-65-59(55-45(9)29-39(3)30-46(55)10)67(62(16,17)18)60(65)56-47(11)31-40(4)32-48(56)12/h19-34H,35-36H2,1-18H3. The van der Waals surface area contributed by atoms with Crippen LogP contribution in [0, 0.1) is 83.1 Å². The molecule has 2 aliphatic heterocycles. The quantitative estimate of drug-likeness (QED) is 0.124. The zero-order chi connectivity index (χ0) is 48.6. The van der Waals surface area contributed by atoms with Gasteiger partial charge >= 0.3 is 0 Å². The average molecular weight is 959 g/mol. The molecular formula is C62H74OP4. The highest BCUT2D eigenvalue weighted by atomic mass is 31.2. The second-order valence-electron chi connectivity index (χ2n) is 22.0. The van der Waals surface area contributed by atoms with Crippen LogP contribution >= 0.6 is 30.2 Å². The van der Waals surface area contributed by atoms with Crippen molar-refractivity contribution in [3.05, 3.63) is 197 Å². The lowest BCUT2D eigenvalue weighted by Gasteiger charge is -2.44. The summed E-state index contributed by atoms with van der Waals surface area (Å²) < 4.78 is 6.92. The molecule has 0 bridgehead atoms. The van der Waals surface area contributed by atoms with E-state index in [1.54, 1.807) is 20.1 Å². The van der Waals surface area contributed by atoms with Gasteiger partial charge in [0.25, 0.3) is 0 Å². The first kappa shape index (κ1) is 49.5. The molecule has 0 aliphatic carbocycles. The molecule has 0 saturated heterocycles. The summed E-state index contributed by atoms with van der Waals surface area (Å²) in [6.07, 6.45) is 2.03. The van der Waals surface area contributed by atoms with E-state index in [9.17, 15) is 0 Å². The number of benzene rings is 6. The monoisotopic (exact) mass is 958 g/mol. The number of aryl methyl sites for hydroxylation is 12. The molecule has 0 saturated carbocycles. The number of ether oxygens (including phenoxy) is 1. The second kappa shape index (κ2) is 18.8. The molecule has 0 radical (unpaired) electrons. The summed E-state index contributed by atoms with van der Waals surface area (Å²) in [7, 11) is -2.22. The van der Waals surface area contributed by atoms with E-state index in [1.807, 2.05) is 0 Å². The van der Waals surface area contributed by atoms with Gasteiger partial charge in [0.2, 0.25) is 0 Å². The Morgan fingerprint density at radius 3 is 0.806 bits per heavy atom. The van der Waals surface area contributed by atoms with E-state index in [4.69, 9.17) is 4.74 Å². The van der Waals surface area contributed by atoms with Gasteiger partial charge in [-0.25, -0.2) is 0 Å². The van der Waals surface area contributed by atoms with Gasteiger partial charge in [-0.05, 0) is 211 Å². The third kappa shape index (κ3) is 9.68. The van der Waals surface area contributed by atoms with Crippen molar-refractivity contribution in [3.8, 4) is 11.5 Å². The van der Waals surface area contributed by atoms with Crippen molar-refractivity contribution >= 4 is 50.3 Å². The average Bonchev–Trinajstić information content (AvgIpc) is 3.18. The van der Waals surface area contributed by atoms with Gasteiger partial charge in [-0.1, -0.05) is 137 Å². The number of rotatable bonds is 10.